The Morgan fingerprint density at radius 2 is 2.00 bits per heavy atom. The number of rotatable bonds is 4. The molecule has 1 aromatic carbocycles. The van der Waals surface area contributed by atoms with E-state index in [-0.39, 0.29) is 11.5 Å². The molecule has 0 bridgehead atoms. The highest BCUT2D eigenvalue weighted by molar-refractivity contribution is 5.42. The maximum atomic E-state index is 9.33. The van der Waals surface area contributed by atoms with E-state index in [1.54, 1.807) is 6.07 Å². The molecule has 0 saturated heterocycles. The van der Waals surface area contributed by atoms with Gasteiger partial charge in [-0.05, 0) is 30.2 Å². The highest BCUT2D eigenvalue weighted by Crippen LogP contribution is 2.27. The molecule has 0 spiro atoms. The first kappa shape index (κ1) is 12.3. The smallest absolute Gasteiger partial charge is 0.157 e. The largest absolute Gasteiger partial charge is 0.504 e. The number of benzene rings is 1. The molecule has 1 aromatic rings. The van der Waals surface area contributed by atoms with Gasteiger partial charge in [0.25, 0.3) is 0 Å². The average molecular weight is 220 g/mol. The van der Waals surface area contributed by atoms with E-state index in [2.05, 4.69) is 25.2 Å². The third kappa shape index (κ3) is 3.14. The molecule has 0 aliphatic heterocycles. The Morgan fingerprint density at radius 3 is 2.50 bits per heavy atom. The van der Waals surface area contributed by atoms with Crippen LogP contribution in [0.2, 0.25) is 0 Å². The van der Waals surface area contributed by atoms with Gasteiger partial charge in [0.1, 0.15) is 6.04 Å². The number of nitrogens with zero attached hydrogens (tertiary/aromatic N) is 1. The number of nitrogens with one attached hydrogen (secondary N) is 1. The van der Waals surface area contributed by atoms with E-state index in [1.165, 1.54) is 12.1 Å². The van der Waals surface area contributed by atoms with Gasteiger partial charge in [-0.15, -0.1) is 0 Å². The predicted octanol–water partition coefficient (Wildman–Crippen LogP) is 1.91. The first-order valence-corrected chi connectivity index (χ1v) is 5.19. The second-order valence-corrected chi connectivity index (χ2v) is 4.11. The summed E-state index contributed by atoms with van der Waals surface area (Å²) in [4.78, 5) is 0. The predicted molar refractivity (Wildman–Crippen MR) is 61.0 cm³/mol. The fourth-order valence-electron chi connectivity index (χ4n) is 1.31. The van der Waals surface area contributed by atoms with E-state index in [0.29, 0.717) is 11.5 Å². The van der Waals surface area contributed by atoms with E-state index >= 15 is 0 Å². The zero-order valence-corrected chi connectivity index (χ0v) is 9.44. The molecule has 3 N–H and O–H groups in total. The van der Waals surface area contributed by atoms with Gasteiger partial charge >= 0.3 is 0 Å². The van der Waals surface area contributed by atoms with Gasteiger partial charge in [0.15, 0.2) is 11.5 Å². The van der Waals surface area contributed by atoms with Crippen LogP contribution in [-0.4, -0.2) is 16.8 Å². The van der Waals surface area contributed by atoms with Crippen molar-refractivity contribution >= 4 is 0 Å². The molecular formula is C12H16N2O2. The lowest BCUT2D eigenvalue weighted by molar-refractivity contribution is 0.402. The Hall–Kier alpha value is -1.73. The summed E-state index contributed by atoms with van der Waals surface area (Å²) in [5.74, 6) is 0.0648. The fraction of sp³-hybridized carbons (Fsp3) is 0.417. The van der Waals surface area contributed by atoms with Crippen LogP contribution in [-0.2, 0) is 0 Å². The first-order chi connectivity index (χ1) is 7.54. The van der Waals surface area contributed by atoms with Crippen LogP contribution < -0.4 is 5.32 Å². The molecule has 1 unspecified atom stereocenters. The van der Waals surface area contributed by atoms with Crippen LogP contribution in [0.4, 0.5) is 0 Å². The highest BCUT2D eigenvalue weighted by atomic mass is 16.3. The zero-order chi connectivity index (χ0) is 12.1. The summed E-state index contributed by atoms with van der Waals surface area (Å²) in [6.07, 6.45) is 0. The Balaban J connectivity index is 2.80. The van der Waals surface area contributed by atoms with Crippen LogP contribution in [0.3, 0.4) is 0 Å². The summed E-state index contributed by atoms with van der Waals surface area (Å²) in [5.41, 5.74) is 0.651. The molecule has 0 amide bonds. The summed E-state index contributed by atoms with van der Waals surface area (Å²) < 4.78 is 0. The Morgan fingerprint density at radius 1 is 1.31 bits per heavy atom. The van der Waals surface area contributed by atoms with Crippen LogP contribution in [0.5, 0.6) is 11.5 Å². The molecule has 0 radical (unpaired) electrons. The van der Waals surface area contributed by atoms with Gasteiger partial charge in [-0.1, -0.05) is 19.9 Å². The molecule has 0 heterocycles. The summed E-state index contributed by atoms with van der Waals surface area (Å²) in [5, 5.41) is 30.6. The van der Waals surface area contributed by atoms with Gasteiger partial charge in [0, 0.05) is 0 Å². The van der Waals surface area contributed by atoms with Gasteiger partial charge in [0.2, 0.25) is 0 Å². The van der Waals surface area contributed by atoms with E-state index in [9.17, 15) is 5.11 Å². The molecule has 4 heteroatoms. The van der Waals surface area contributed by atoms with Crippen molar-refractivity contribution in [1.82, 2.24) is 5.32 Å². The van der Waals surface area contributed by atoms with Gasteiger partial charge in [-0.2, -0.15) is 5.26 Å². The number of aromatic hydroxyl groups is 2. The van der Waals surface area contributed by atoms with Crippen molar-refractivity contribution < 1.29 is 10.2 Å². The highest BCUT2D eigenvalue weighted by Gasteiger charge is 2.12. The normalized spacial score (nSPS) is 12.4. The molecule has 4 nitrogen and oxygen atoms in total. The molecule has 16 heavy (non-hydrogen) atoms. The third-order valence-electron chi connectivity index (χ3n) is 2.19. The van der Waals surface area contributed by atoms with E-state index < -0.39 is 6.04 Å². The third-order valence-corrected chi connectivity index (χ3v) is 2.19. The second-order valence-electron chi connectivity index (χ2n) is 4.11. The monoisotopic (exact) mass is 220 g/mol. The van der Waals surface area contributed by atoms with Crippen molar-refractivity contribution in [1.29, 1.82) is 5.26 Å². The number of hydrogen-bond acceptors (Lipinski definition) is 4. The maximum absolute atomic E-state index is 9.33. The van der Waals surface area contributed by atoms with Crippen molar-refractivity contribution in [2.45, 2.75) is 19.9 Å². The summed E-state index contributed by atoms with van der Waals surface area (Å²) >= 11 is 0. The van der Waals surface area contributed by atoms with Crippen molar-refractivity contribution in [2.24, 2.45) is 5.92 Å². The molecule has 1 atom stereocenters. The lowest BCUT2D eigenvalue weighted by atomic mass is 10.1. The van der Waals surface area contributed by atoms with Crippen LogP contribution in [0, 0.1) is 17.2 Å². The summed E-state index contributed by atoms with van der Waals surface area (Å²) in [7, 11) is 0. The molecular weight excluding hydrogens is 204 g/mol. The van der Waals surface area contributed by atoms with Crippen molar-refractivity contribution in [3.8, 4) is 17.6 Å². The molecule has 0 aliphatic carbocycles. The minimum atomic E-state index is -0.464. The summed E-state index contributed by atoms with van der Waals surface area (Å²) in [6.45, 7) is 4.82. The SMILES string of the molecule is CC(C)CNC(C#N)c1ccc(O)c(O)c1. The maximum Gasteiger partial charge on any atom is 0.157 e. The molecule has 0 aliphatic rings. The fourth-order valence-corrected chi connectivity index (χ4v) is 1.31. The molecule has 0 aromatic heterocycles. The Kier molecular flexibility index (Phi) is 4.15. The van der Waals surface area contributed by atoms with Gasteiger partial charge in [-0.25, -0.2) is 0 Å². The number of nitriles is 1. The number of hydrogen-bond donors (Lipinski definition) is 3. The molecule has 0 fully saturated rings. The van der Waals surface area contributed by atoms with Crippen molar-refractivity contribution in [3.63, 3.8) is 0 Å². The van der Waals surface area contributed by atoms with E-state index in [4.69, 9.17) is 10.4 Å². The molecule has 1 rings (SSSR count). The Bertz CT molecular complexity index is 396. The van der Waals surface area contributed by atoms with E-state index in [1.807, 2.05) is 0 Å². The first-order valence-electron chi connectivity index (χ1n) is 5.19. The lowest BCUT2D eigenvalue weighted by Crippen LogP contribution is -2.24. The number of phenols is 2. The van der Waals surface area contributed by atoms with Crippen molar-refractivity contribution in [3.05, 3.63) is 23.8 Å². The van der Waals surface area contributed by atoms with Crippen LogP contribution in [0.25, 0.3) is 0 Å². The average Bonchev–Trinajstić information content (AvgIpc) is 2.23. The quantitative estimate of drug-likeness (QED) is 0.677. The van der Waals surface area contributed by atoms with Gasteiger partial charge in [-0.3, -0.25) is 5.32 Å². The van der Waals surface area contributed by atoms with Gasteiger partial charge < -0.3 is 10.2 Å². The standard InChI is InChI=1S/C12H16N2O2/c1-8(2)7-14-10(6-13)9-3-4-11(15)12(16)5-9/h3-5,8,10,14-16H,7H2,1-2H3. The topological polar surface area (TPSA) is 76.3 Å². The van der Waals surface area contributed by atoms with E-state index in [0.717, 1.165) is 6.54 Å². The zero-order valence-electron chi connectivity index (χ0n) is 9.44. The minimum absolute atomic E-state index is 0.177. The second kappa shape index (κ2) is 5.38. The van der Waals surface area contributed by atoms with Crippen LogP contribution in [0.1, 0.15) is 25.5 Å². The van der Waals surface area contributed by atoms with Crippen LogP contribution in [0.15, 0.2) is 18.2 Å². The van der Waals surface area contributed by atoms with Crippen molar-refractivity contribution in [2.75, 3.05) is 6.54 Å². The lowest BCUT2D eigenvalue weighted by Gasteiger charge is -2.14. The summed E-state index contributed by atoms with van der Waals surface area (Å²) in [6, 6.07) is 6.05. The minimum Gasteiger partial charge on any atom is -0.504 e. The number of phenolic OH excluding ortho intramolecular Hbond substituents is 2. The van der Waals surface area contributed by atoms with Crippen LogP contribution >= 0.6 is 0 Å². The molecule has 86 valence electrons. The molecule has 0 saturated carbocycles. The van der Waals surface area contributed by atoms with Gasteiger partial charge in [0.05, 0.1) is 6.07 Å². The Labute approximate surface area is 95.2 Å².